The summed E-state index contributed by atoms with van der Waals surface area (Å²) in [6, 6.07) is 33.8. The van der Waals surface area contributed by atoms with Crippen molar-refractivity contribution in [1.29, 1.82) is 0 Å². The monoisotopic (exact) mass is 731 g/mol. The van der Waals surface area contributed by atoms with Crippen molar-refractivity contribution in [3.05, 3.63) is 120 Å². The van der Waals surface area contributed by atoms with Gasteiger partial charge in [-0.15, -0.1) is 0 Å². The normalized spacial score (nSPS) is 22.5. The summed E-state index contributed by atoms with van der Waals surface area (Å²) in [4.78, 5) is 47.2. The Morgan fingerprint density at radius 3 is 2.30 bits per heavy atom. The minimum Gasteiger partial charge on any atom is -0.497 e. The number of carbonyl (C=O) groups excluding carboxylic acids is 3. The first-order valence-corrected chi connectivity index (χ1v) is 21.7. The Hall–Kier alpha value is -4.77. The number of rotatable bonds is 12. The second-order valence-corrected chi connectivity index (χ2v) is 19.8. The third kappa shape index (κ3) is 6.68. The van der Waals surface area contributed by atoms with Crippen LogP contribution in [0.3, 0.4) is 0 Å². The molecule has 0 aromatic heterocycles. The van der Waals surface area contributed by atoms with Crippen molar-refractivity contribution in [1.82, 2.24) is 4.90 Å². The van der Waals surface area contributed by atoms with Crippen molar-refractivity contribution in [3.8, 4) is 5.75 Å². The molecule has 0 aliphatic carbocycles. The van der Waals surface area contributed by atoms with Crippen LogP contribution in [0.2, 0.25) is 18.6 Å². The van der Waals surface area contributed by atoms with Crippen LogP contribution < -0.4 is 19.7 Å². The third-order valence-corrected chi connectivity index (χ3v) is 16.1. The summed E-state index contributed by atoms with van der Waals surface area (Å²) in [6.07, 6.45) is 0.965. The van der Waals surface area contributed by atoms with Gasteiger partial charge in [0.25, 0.3) is 5.91 Å². The van der Waals surface area contributed by atoms with E-state index in [-0.39, 0.29) is 48.8 Å². The van der Waals surface area contributed by atoms with Gasteiger partial charge < -0.3 is 29.3 Å². The van der Waals surface area contributed by atoms with Crippen LogP contribution in [-0.4, -0.2) is 68.7 Å². The second-order valence-electron chi connectivity index (χ2n) is 15.1. The molecule has 4 aromatic carbocycles. The molecular weight excluding hydrogens is 683 g/mol. The number of hydrogen-bond donors (Lipinski definition) is 1. The molecule has 9 nitrogen and oxygen atoms in total. The average molecular weight is 732 g/mol. The van der Waals surface area contributed by atoms with Crippen LogP contribution in [0.4, 0.5) is 11.4 Å². The summed E-state index contributed by atoms with van der Waals surface area (Å²) in [5.41, 5.74) is 3.04. The SMILES string of the molecule is COc1ccc([Si](C)(C)[C@H]2[C@H](CC(=O)N(CCO)Cc3ccccc3)O[C@@]3(C(=O)N(Cc4ccc(N5CCCC5=O)cc4)c4ccccc43)[C@@H]2C)cc1. The lowest BCUT2D eigenvalue weighted by molar-refractivity contribution is -0.150. The number of aliphatic hydroxyl groups is 1. The van der Waals surface area contributed by atoms with E-state index in [2.05, 4.69) is 32.2 Å². The van der Waals surface area contributed by atoms with Crippen molar-refractivity contribution in [2.75, 3.05) is 36.6 Å². The maximum atomic E-state index is 15.1. The van der Waals surface area contributed by atoms with Crippen molar-refractivity contribution in [2.45, 2.75) is 69.6 Å². The molecule has 3 aliphatic rings. The number of fused-ring (bicyclic) bond motifs is 2. The van der Waals surface area contributed by atoms with Gasteiger partial charge in [-0.05, 0) is 53.4 Å². The fraction of sp³-hybridized carbons (Fsp3) is 0.372. The van der Waals surface area contributed by atoms with E-state index in [0.29, 0.717) is 19.5 Å². The predicted molar refractivity (Wildman–Crippen MR) is 209 cm³/mol. The zero-order chi connectivity index (χ0) is 37.3. The van der Waals surface area contributed by atoms with E-state index in [0.717, 1.165) is 46.8 Å². The number of benzene rings is 4. The van der Waals surface area contributed by atoms with Gasteiger partial charge in [-0.3, -0.25) is 14.4 Å². The average Bonchev–Trinajstić information content (AvgIpc) is 3.81. The molecule has 53 heavy (non-hydrogen) atoms. The molecule has 4 aromatic rings. The van der Waals surface area contributed by atoms with Crippen LogP contribution >= 0.6 is 0 Å². The lowest BCUT2D eigenvalue weighted by Gasteiger charge is -2.37. The molecule has 7 rings (SSSR count). The van der Waals surface area contributed by atoms with E-state index in [4.69, 9.17) is 9.47 Å². The highest BCUT2D eigenvalue weighted by atomic mass is 28.3. The van der Waals surface area contributed by atoms with E-state index in [1.54, 1.807) is 12.0 Å². The highest BCUT2D eigenvalue weighted by Crippen LogP contribution is 2.60. The molecule has 276 valence electrons. The highest BCUT2D eigenvalue weighted by Gasteiger charge is 2.66. The van der Waals surface area contributed by atoms with E-state index >= 15 is 4.79 Å². The number of amides is 3. The highest BCUT2D eigenvalue weighted by molar-refractivity contribution is 6.91. The van der Waals surface area contributed by atoms with E-state index in [1.165, 1.54) is 5.19 Å². The Morgan fingerprint density at radius 2 is 1.64 bits per heavy atom. The molecule has 10 heteroatoms. The van der Waals surface area contributed by atoms with Crippen LogP contribution in [0.5, 0.6) is 5.75 Å². The number of ether oxygens (including phenoxy) is 2. The summed E-state index contributed by atoms with van der Waals surface area (Å²) < 4.78 is 12.7. The maximum absolute atomic E-state index is 15.1. The Morgan fingerprint density at radius 1 is 0.943 bits per heavy atom. The topological polar surface area (TPSA) is 99.6 Å². The lowest BCUT2D eigenvalue weighted by Crippen LogP contribution is -2.52. The van der Waals surface area contributed by atoms with Gasteiger partial charge in [0, 0.05) is 43.2 Å². The number of methoxy groups -OCH3 is 1. The van der Waals surface area contributed by atoms with Crippen molar-refractivity contribution >= 4 is 42.4 Å². The molecule has 0 bridgehead atoms. The molecule has 3 heterocycles. The Balaban J connectivity index is 1.24. The first-order chi connectivity index (χ1) is 25.6. The van der Waals surface area contributed by atoms with Gasteiger partial charge in [-0.1, -0.05) is 98.0 Å². The number of carbonyl (C=O) groups is 3. The molecule has 2 saturated heterocycles. The second kappa shape index (κ2) is 14.9. The van der Waals surface area contributed by atoms with Crippen LogP contribution in [0.1, 0.15) is 42.9 Å². The molecular formula is C43H49N3O6Si. The van der Waals surface area contributed by atoms with Crippen LogP contribution in [0, 0.1) is 5.92 Å². The molecule has 0 radical (unpaired) electrons. The summed E-state index contributed by atoms with van der Waals surface area (Å²) >= 11 is 0. The lowest BCUT2D eigenvalue weighted by atomic mass is 9.82. The minimum absolute atomic E-state index is 0.0856. The van der Waals surface area contributed by atoms with Gasteiger partial charge in [0.05, 0.1) is 46.5 Å². The van der Waals surface area contributed by atoms with E-state index in [1.807, 2.05) is 101 Å². The van der Waals surface area contributed by atoms with Gasteiger partial charge in [0.2, 0.25) is 11.8 Å². The largest absolute Gasteiger partial charge is 0.497 e. The fourth-order valence-electron chi connectivity index (χ4n) is 9.03. The van der Waals surface area contributed by atoms with Crippen LogP contribution in [0.25, 0.3) is 0 Å². The quantitative estimate of drug-likeness (QED) is 0.180. The molecule has 1 spiro atoms. The van der Waals surface area contributed by atoms with Crippen molar-refractivity contribution in [2.24, 2.45) is 5.92 Å². The summed E-state index contributed by atoms with van der Waals surface area (Å²) in [5.74, 6) is 0.411. The molecule has 1 N–H and O–H groups in total. The third-order valence-electron chi connectivity index (χ3n) is 11.7. The Kier molecular flexibility index (Phi) is 10.3. The fourth-order valence-corrected chi connectivity index (χ4v) is 13.0. The first kappa shape index (κ1) is 36.6. The summed E-state index contributed by atoms with van der Waals surface area (Å²) in [6.45, 7) is 8.22. The van der Waals surface area contributed by atoms with Crippen molar-refractivity contribution < 1.29 is 29.0 Å². The van der Waals surface area contributed by atoms with Gasteiger partial charge in [0.15, 0.2) is 5.60 Å². The Labute approximate surface area is 313 Å². The standard InChI is InChI=1S/C43H49N3O6Si/c1-30-41(53(3,4)35-22-20-34(51-2)21-23-35)38(27-40(49)44(25-26-47)28-31-11-6-5-7-12-31)52-43(30)36-13-8-9-14-37(36)46(42(43)50)29-32-16-18-33(19-17-32)45-24-10-15-39(45)48/h5-9,11-14,16-23,30,38,41,47H,10,15,24-29H2,1-4H3/t30-,38+,41-,43+/m1/s1. The maximum Gasteiger partial charge on any atom is 0.264 e. The first-order valence-electron chi connectivity index (χ1n) is 18.6. The number of aliphatic hydroxyl groups excluding tert-OH is 1. The smallest absolute Gasteiger partial charge is 0.264 e. The molecule has 2 fully saturated rings. The van der Waals surface area contributed by atoms with E-state index in [9.17, 15) is 14.7 Å². The summed E-state index contributed by atoms with van der Waals surface area (Å²) in [5, 5.41) is 11.2. The molecule has 4 atom stereocenters. The number of hydrogen-bond acceptors (Lipinski definition) is 6. The molecule has 3 aliphatic heterocycles. The zero-order valence-corrected chi connectivity index (χ0v) is 32.0. The number of para-hydroxylation sites is 1. The van der Waals surface area contributed by atoms with E-state index < -0.39 is 19.8 Å². The van der Waals surface area contributed by atoms with Gasteiger partial charge in [-0.2, -0.15) is 0 Å². The summed E-state index contributed by atoms with van der Waals surface area (Å²) in [7, 11) is -0.818. The van der Waals surface area contributed by atoms with Crippen LogP contribution in [0.15, 0.2) is 103 Å². The number of nitrogens with zero attached hydrogens (tertiary/aromatic N) is 3. The molecule has 0 unspecified atom stereocenters. The Bertz CT molecular complexity index is 1950. The van der Waals surface area contributed by atoms with Crippen molar-refractivity contribution in [3.63, 3.8) is 0 Å². The zero-order valence-electron chi connectivity index (χ0n) is 31.0. The van der Waals surface area contributed by atoms with Crippen LogP contribution in [-0.2, 0) is 37.8 Å². The molecule has 0 saturated carbocycles. The molecule has 3 amide bonds. The minimum atomic E-state index is -2.47. The predicted octanol–water partition coefficient (Wildman–Crippen LogP) is 6.00. The number of anilines is 2. The van der Waals surface area contributed by atoms with Gasteiger partial charge in [0.1, 0.15) is 5.75 Å². The van der Waals surface area contributed by atoms with Gasteiger partial charge >= 0.3 is 0 Å². The van der Waals surface area contributed by atoms with Gasteiger partial charge in [-0.25, -0.2) is 0 Å².